The minimum absolute atomic E-state index is 0.325. The third-order valence-electron chi connectivity index (χ3n) is 3.76. The zero-order chi connectivity index (χ0) is 14.8. The number of benzene rings is 2. The van der Waals surface area contributed by atoms with Gasteiger partial charge in [0.25, 0.3) is 0 Å². The molecule has 0 radical (unpaired) electrons. The number of methoxy groups -OCH3 is 1. The second kappa shape index (κ2) is 5.60. The molecule has 0 saturated heterocycles. The summed E-state index contributed by atoms with van der Waals surface area (Å²) in [4.78, 5) is 12.0. The lowest BCUT2D eigenvalue weighted by atomic mass is 10.0. The van der Waals surface area contributed by atoms with Gasteiger partial charge in [-0.05, 0) is 23.9 Å². The Labute approximate surface area is 123 Å². The van der Waals surface area contributed by atoms with E-state index in [0.29, 0.717) is 5.56 Å². The van der Waals surface area contributed by atoms with Gasteiger partial charge in [0.05, 0.1) is 12.7 Å². The highest BCUT2D eigenvalue weighted by molar-refractivity contribution is 6.14. The zero-order valence-electron chi connectivity index (χ0n) is 12.3. The third kappa shape index (κ3) is 2.40. The zero-order valence-corrected chi connectivity index (χ0v) is 12.3. The Hall–Kier alpha value is -2.29. The van der Waals surface area contributed by atoms with E-state index in [1.807, 2.05) is 36.4 Å². The van der Waals surface area contributed by atoms with E-state index < -0.39 is 0 Å². The predicted octanol–water partition coefficient (Wildman–Crippen LogP) is 4.72. The van der Waals surface area contributed by atoms with Gasteiger partial charge < -0.3 is 9.15 Å². The van der Waals surface area contributed by atoms with E-state index in [4.69, 9.17) is 9.15 Å². The van der Waals surface area contributed by atoms with Crippen molar-refractivity contribution in [3.63, 3.8) is 0 Å². The molecule has 0 saturated carbocycles. The van der Waals surface area contributed by atoms with Gasteiger partial charge in [-0.2, -0.15) is 0 Å². The molecule has 0 amide bonds. The minimum atomic E-state index is -0.325. The Morgan fingerprint density at radius 3 is 2.76 bits per heavy atom. The van der Waals surface area contributed by atoms with Crippen molar-refractivity contribution < 1.29 is 13.9 Å². The summed E-state index contributed by atoms with van der Waals surface area (Å²) in [5, 5.41) is 2.86. The van der Waals surface area contributed by atoms with Crippen LogP contribution in [0.5, 0.6) is 0 Å². The molecule has 0 unspecified atom stereocenters. The van der Waals surface area contributed by atoms with Crippen LogP contribution in [0.4, 0.5) is 0 Å². The van der Waals surface area contributed by atoms with Crippen molar-refractivity contribution in [2.24, 2.45) is 0 Å². The summed E-state index contributed by atoms with van der Waals surface area (Å²) in [6.07, 6.45) is 3.08. The highest BCUT2D eigenvalue weighted by Crippen LogP contribution is 2.32. The van der Waals surface area contributed by atoms with Gasteiger partial charge in [0.2, 0.25) is 0 Å². The Kier molecular flexibility index (Phi) is 3.65. The highest BCUT2D eigenvalue weighted by Gasteiger charge is 2.17. The van der Waals surface area contributed by atoms with Gasteiger partial charge in [-0.1, -0.05) is 37.6 Å². The molecule has 0 atom stereocenters. The van der Waals surface area contributed by atoms with Crippen LogP contribution in [0.1, 0.15) is 35.9 Å². The molecule has 0 aliphatic heterocycles. The van der Waals surface area contributed by atoms with Gasteiger partial charge in [0.1, 0.15) is 11.3 Å². The summed E-state index contributed by atoms with van der Waals surface area (Å²) in [5.41, 5.74) is 1.34. The van der Waals surface area contributed by atoms with Crippen LogP contribution in [-0.4, -0.2) is 13.1 Å². The maximum absolute atomic E-state index is 12.0. The molecule has 1 heterocycles. The van der Waals surface area contributed by atoms with E-state index in [1.54, 1.807) is 0 Å². The molecule has 0 aliphatic rings. The number of esters is 1. The Morgan fingerprint density at radius 2 is 2.00 bits per heavy atom. The first-order valence-electron chi connectivity index (χ1n) is 7.27. The fraction of sp³-hybridized carbons (Fsp3) is 0.278. The molecule has 0 N–H and O–H groups in total. The molecular weight excluding hydrogens is 264 g/mol. The van der Waals surface area contributed by atoms with E-state index in [9.17, 15) is 4.79 Å². The average molecular weight is 282 g/mol. The normalized spacial score (nSPS) is 11.1. The van der Waals surface area contributed by atoms with Crippen molar-refractivity contribution in [3.05, 3.63) is 47.7 Å². The Balaban J connectivity index is 2.28. The lowest BCUT2D eigenvalue weighted by molar-refractivity contribution is 0.0603. The van der Waals surface area contributed by atoms with Gasteiger partial charge in [-0.15, -0.1) is 0 Å². The van der Waals surface area contributed by atoms with Gasteiger partial charge in [-0.25, -0.2) is 4.79 Å². The summed E-state index contributed by atoms with van der Waals surface area (Å²) in [6.45, 7) is 2.15. The maximum atomic E-state index is 12.0. The summed E-state index contributed by atoms with van der Waals surface area (Å²) in [7, 11) is 1.40. The molecule has 0 aliphatic carbocycles. The minimum Gasteiger partial charge on any atom is -0.465 e. The largest absolute Gasteiger partial charge is 0.465 e. The van der Waals surface area contributed by atoms with E-state index in [-0.39, 0.29) is 5.97 Å². The number of furan rings is 1. The molecule has 2 aromatic carbocycles. The van der Waals surface area contributed by atoms with E-state index >= 15 is 0 Å². The molecular formula is C18H18O3. The van der Waals surface area contributed by atoms with Crippen molar-refractivity contribution in [1.29, 1.82) is 0 Å². The molecule has 1 aromatic heterocycles. The maximum Gasteiger partial charge on any atom is 0.338 e. The van der Waals surface area contributed by atoms with Crippen molar-refractivity contribution in [3.8, 4) is 0 Å². The van der Waals surface area contributed by atoms with Crippen molar-refractivity contribution in [2.45, 2.75) is 26.2 Å². The standard InChI is InChI=1S/C18H18O3/c1-3-4-8-13-11-15-16(18(19)20-2)10-12-7-5-6-9-14(12)17(15)21-13/h5-7,9-11H,3-4,8H2,1-2H3. The topological polar surface area (TPSA) is 39.4 Å². The number of carbonyl (C=O) groups is 1. The summed E-state index contributed by atoms with van der Waals surface area (Å²) >= 11 is 0. The van der Waals surface area contributed by atoms with E-state index in [0.717, 1.165) is 46.8 Å². The molecule has 108 valence electrons. The van der Waals surface area contributed by atoms with Crippen molar-refractivity contribution in [2.75, 3.05) is 7.11 Å². The van der Waals surface area contributed by atoms with E-state index in [1.165, 1.54) is 7.11 Å². The molecule has 0 spiro atoms. The Morgan fingerprint density at radius 1 is 1.19 bits per heavy atom. The molecule has 3 nitrogen and oxygen atoms in total. The van der Waals surface area contributed by atoms with E-state index in [2.05, 4.69) is 6.92 Å². The Bertz CT molecular complexity index is 799. The number of ether oxygens (including phenoxy) is 1. The second-order valence-electron chi connectivity index (χ2n) is 5.20. The summed E-state index contributed by atoms with van der Waals surface area (Å²) < 4.78 is 10.9. The monoisotopic (exact) mass is 282 g/mol. The van der Waals surface area contributed by atoms with Crippen LogP contribution >= 0.6 is 0 Å². The molecule has 3 rings (SSSR count). The fourth-order valence-corrected chi connectivity index (χ4v) is 2.66. The van der Waals surface area contributed by atoms with Gasteiger partial charge >= 0.3 is 5.97 Å². The van der Waals surface area contributed by atoms with Crippen LogP contribution in [0.15, 0.2) is 40.8 Å². The van der Waals surface area contributed by atoms with Gasteiger partial charge in [0, 0.05) is 17.2 Å². The first-order valence-corrected chi connectivity index (χ1v) is 7.27. The van der Waals surface area contributed by atoms with Gasteiger partial charge in [0.15, 0.2) is 0 Å². The molecule has 3 heteroatoms. The summed E-state index contributed by atoms with van der Waals surface area (Å²) in [5.74, 6) is 0.599. The van der Waals surface area contributed by atoms with Crippen LogP contribution in [0, 0.1) is 0 Å². The predicted molar refractivity (Wildman–Crippen MR) is 83.7 cm³/mol. The number of hydrogen-bond donors (Lipinski definition) is 0. The second-order valence-corrected chi connectivity index (χ2v) is 5.20. The van der Waals surface area contributed by atoms with Crippen LogP contribution in [0.2, 0.25) is 0 Å². The number of rotatable bonds is 4. The quantitative estimate of drug-likeness (QED) is 0.650. The average Bonchev–Trinajstić information content (AvgIpc) is 2.95. The smallest absolute Gasteiger partial charge is 0.338 e. The van der Waals surface area contributed by atoms with Crippen LogP contribution in [0.25, 0.3) is 21.7 Å². The fourth-order valence-electron chi connectivity index (χ4n) is 2.66. The van der Waals surface area contributed by atoms with Crippen molar-refractivity contribution in [1.82, 2.24) is 0 Å². The number of carbonyl (C=O) groups excluding carboxylic acids is 1. The molecule has 0 fully saturated rings. The van der Waals surface area contributed by atoms with Crippen LogP contribution in [0.3, 0.4) is 0 Å². The molecule has 21 heavy (non-hydrogen) atoms. The molecule has 3 aromatic rings. The first-order chi connectivity index (χ1) is 10.2. The lowest BCUT2D eigenvalue weighted by Gasteiger charge is -2.04. The van der Waals surface area contributed by atoms with Crippen LogP contribution in [-0.2, 0) is 11.2 Å². The van der Waals surface area contributed by atoms with Gasteiger partial charge in [-0.3, -0.25) is 0 Å². The van der Waals surface area contributed by atoms with Crippen LogP contribution < -0.4 is 0 Å². The number of aryl methyl sites for hydroxylation is 1. The van der Waals surface area contributed by atoms with Crippen molar-refractivity contribution >= 4 is 27.7 Å². The number of fused-ring (bicyclic) bond motifs is 3. The third-order valence-corrected chi connectivity index (χ3v) is 3.76. The molecule has 0 bridgehead atoms. The number of unbranched alkanes of at least 4 members (excludes halogenated alkanes) is 1. The summed E-state index contributed by atoms with van der Waals surface area (Å²) in [6, 6.07) is 11.8. The highest BCUT2D eigenvalue weighted by atomic mass is 16.5. The lowest BCUT2D eigenvalue weighted by Crippen LogP contribution is -2.01. The first kappa shape index (κ1) is 13.7. The number of hydrogen-bond acceptors (Lipinski definition) is 3. The SMILES string of the molecule is CCCCc1cc2c(C(=O)OC)cc3ccccc3c2o1.